The smallest absolute Gasteiger partial charge is 0.253 e. The van der Waals surface area contributed by atoms with Crippen molar-refractivity contribution >= 4 is 23.2 Å². The van der Waals surface area contributed by atoms with Crippen LogP contribution in [0.5, 0.6) is 0 Å². The molecule has 154 valence electrons. The molecule has 3 heterocycles. The highest BCUT2D eigenvalue weighted by Gasteiger charge is 2.48. The van der Waals surface area contributed by atoms with Gasteiger partial charge in [0.15, 0.2) is 0 Å². The maximum absolute atomic E-state index is 13.2. The number of hydrogen-bond donors (Lipinski definition) is 0. The molecule has 2 fully saturated rings. The Morgan fingerprint density at radius 2 is 2.00 bits per heavy atom. The number of aryl methyl sites for hydroxylation is 1. The Labute approximate surface area is 171 Å². The molecule has 4 rings (SSSR count). The van der Waals surface area contributed by atoms with E-state index in [1.807, 2.05) is 73.4 Å². The number of nitrogens with zero attached hydrogens (tertiary/aromatic N) is 6. The molecule has 2 aromatic rings. The first kappa shape index (κ1) is 19.4. The van der Waals surface area contributed by atoms with Gasteiger partial charge in [0, 0.05) is 58.2 Å². The van der Waals surface area contributed by atoms with E-state index < -0.39 is 0 Å². The van der Waals surface area contributed by atoms with E-state index in [9.17, 15) is 9.59 Å². The van der Waals surface area contributed by atoms with E-state index in [1.54, 1.807) is 10.9 Å². The van der Waals surface area contributed by atoms with Gasteiger partial charge in [-0.15, -0.1) is 0 Å². The lowest BCUT2D eigenvalue weighted by atomic mass is 9.93. The molecule has 0 bridgehead atoms. The van der Waals surface area contributed by atoms with Crippen LogP contribution in [0.2, 0.25) is 0 Å². The largest absolute Gasteiger partial charge is 0.378 e. The average Bonchev–Trinajstić information content (AvgIpc) is 3.32. The first-order valence-electron chi connectivity index (χ1n) is 9.86. The van der Waals surface area contributed by atoms with Crippen LogP contribution >= 0.6 is 0 Å². The number of carbonyl (C=O) groups is 2. The molecule has 0 unspecified atom stereocenters. The minimum absolute atomic E-state index is 0.0452. The van der Waals surface area contributed by atoms with Crippen LogP contribution in [0.3, 0.4) is 0 Å². The predicted molar refractivity (Wildman–Crippen MR) is 112 cm³/mol. The zero-order valence-electron chi connectivity index (χ0n) is 17.5. The fourth-order valence-corrected chi connectivity index (χ4v) is 4.31. The zero-order chi connectivity index (χ0) is 20.8. The van der Waals surface area contributed by atoms with Crippen molar-refractivity contribution in [2.45, 2.75) is 12.0 Å². The summed E-state index contributed by atoms with van der Waals surface area (Å²) in [6.07, 6.45) is 4.43. The second-order valence-corrected chi connectivity index (χ2v) is 8.35. The highest BCUT2D eigenvalue weighted by atomic mass is 16.2. The van der Waals surface area contributed by atoms with Gasteiger partial charge in [0.1, 0.15) is 0 Å². The number of carbonyl (C=O) groups excluding carboxylic acids is 2. The first-order chi connectivity index (χ1) is 13.8. The fourth-order valence-electron chi connectivity index (χ4n) is 4.31. The first-order valence-corrected chi connectivity index (χ1v) is 9.86. The number of aromatic nitrogens is 2. The number of anilines is 2. The normalized spacial score (nSPS) is 22.6. The topological polar surface area (TPSA) is 64.9 Å². The number of hydrogen-bond acceptors (Lipinski definition) is 5. The summed E-state index contributed by atoms with van der Waals surface area (Å²) in [6, 6.07) is 7.72. The third kappa shape index (κ3) is 3.48. The van der Waals surface area contributed by atoms with Crippen molar-refractivity contribution in [3.63, 3.8) is 0 Å². The van der Waals surface area contributed by atoms with Crippen LogP contribution in [0, 0.1) is 0 Å². The van der Waals surface area contributed by atoms with Crippen LogP contribution in [0.25, 0.3) is 0 Å². The van der Waals surface area contributed by atoms with Crippen molar-refractivity contribution in [3.05, 3.63) is 42.2 Å². The Kier molecular flexibility index (Phi) is 4.82. The molecule has 8 nitrogen and oxygen atoms in total. The summed E-state index contributed by atoms with van der Waals surface area (Å²) in [5.74, 6) is 0.110. The van der Waals surface area contributed by atoms with Gasteiger partial charge in [-0.2, -0.15) is 5.10 Å². The van der Waals surface area contributed by atoms with Gasteiger partial charge in [0.2, 0.25) is 5.91 Å². The van der Waals surface area contributed by atoms with E-state index in [4.69, 9.17) is 0 Å². The van der Waals surface area contributed by atoms with Crippen LogP contribution in [0.1, 0.15) is 16.8 Å². The molecule has 0 radical (unpaired) electrons. The third-order valence-corrected chi connectivity index (χ3v) is 6.17. The van der Waals surface area contributed by atoms with Gasteiger partial charge >= 0.3 is 0 Å². The number of likely N-dealkylation sites (tertiary alicyclic amines) is 1. The van der Waals surface area contributed by atoms with Gasteiger partial charge in [-0.1, -0.05) is 6.07 Å². The maximum Gasteiger partial charge on any atom is 0.253 e. The zero-order valence-corrected chi connectivity index (χ0v) is 17.5. The number of benzene rings is 1. The van der Waals surface area contributed by atoms with E-state index >= 15 is 0 Å². The molecule has 2 saturated heterocycles. The summed E-state index contributed by atoms with van der Waals surface area (Å²) in [5, 5.41) is 4.21. The highest BCUT2D eigenvalue weighted by molar-refractivity contribution is 5.97. The molecule has 29 heavy (non-hydrogen) atoms. The fraction of sp³-hybridized carbons (Fsp3) is 0.476. The molecule has 2 amide bonds. The summed E-state index contributed by atoms with van der Waals surface area (Å²) in [6.45, 7) is 2.20. The van der Waals surface area contributed by atoms with Crippen molar-refractivity contribution in [2.75, 3.05) is 57.1 Å². The van der Waals surface area contributed by atoms with Crippen LogP contribution in [-0.2, 0) is 11.8 Å². The van der Waals surface area contributed by atoms with E-state index in [1.165, 1.54) is 0 Å². The Balaban J connectivity index is 1.54. The molecule has 1 atom stereocenters. The Morgan fingerprint density at radius 3 is 2.69 bits per heavy atom. The lowest BCUT2D eigenvalue weighted by Gasteiger charge is -2.46. The van der Waals surface area contributed by atoms with Gasteiger partial charge in [-0.05, 0) is 31.7 Å². The monoisotopic (exact) mass is 396 g/mol. The van der Waals surface area contributed by atoms with E-state index in [0.717, 1.165) is 17.8 Å². The van der Waals surface area contributed by atoms with E-state index in [2.05, 4.69) is 10.00 Å². The summed E-state index contributed by atoms with van der Waals surface area (Å²) < 4.78 is 1.70. The number of piperazine rings is 1. The van der Waals surface area contributed by atoms with Gasteiger partial charge < -0.3 is 14.7 Å². The van der Waals surface area contributed by atoms with Crippen LogP contribution in [0.15, 0.2) is 36.7 Å². The summed E-state index contributed by atoms with van der Waals surface area (Å²) in [4.78, 5) is 33.7. The Morgan fingerprint density at radius 1 is 1.21 bits per heavy atom. The second-order valence-electron chi connectivity index (χ2n) is 8.35. The van der Waals surface area contributed by atoms with Gasteiger partial charge in [0.05, 0.1) is 24.0 Å². The molecular formula is C21H28N6O2. The molecule has 0 aliphatic carbocycles. The lowest BCUT2D eigenvalue weighted by Crippen LogP contribution is -2.64. The maximum atomic E-state index is 13.2. The SMILES string of the molecule is CN(C)c1cccc(C(=O)N2CC[C@@]3(C2)CN(c2cnn(C)c2)C(=O)CN3C)c1. The van der Waals surface area contributed by atoms with Crippen molar-refractivity contribution < 1.29 is 9.59 Å². The Bertz CT molecular complexity index is 939. The highest BCUT2D eigenvalue weighted by Crippen LogP contribution is 2.34. The molecular weight excluding hydrogens is 368 g/mol. The van der Waals surface area contributed by atoms with Crippen LogP contribution in [-0.4, -0.2) is 84.3 Å². The molecule has 2 aliphatic heterocycles. The average molecular weight is 396 g/mol. The summed E-state index contributed by atoms with van der Waals surface area (Å²) in [7, 11) is 7.77. The number of amides is 2. The summed E-state index contributed by atoms with van der Waals surface area (Å²) >= 11 is 0. The quantitative estimate of drug-likeness (QED) is 0.776. The van der Waals surface area contributed by atoms with Crippen LogP contribution in [0.4, 0.5) is 11.4 Å². The molecule has 0 saturated carbocycles. The Hall–Kier alpha value is -2.87. The van der Waals surface area contributed by atoms with Crippen LogP contribution < -0.4 is 9.80 Å². The second kappa shape index (κ2) is 7.18. The minimum Gasteiger partial charge on any atom is -0.378 e. The van der Waals surface area contributed by atoms with Crippen molar-refractivity contribution in [1.82, 2.24) is 19.6 Å². The van der Waals surface area contributed by atoms with Crippen molar-refractivity contribution in [1.29, 1.82) is 0 Å². The molecule has 0 N–H and O–H groups in total. The van der Waals surface area contributed by atoms with E-state index in [-0.39, 0.29) is 17.4 Å². The standard InChI is InChI=1S/C21H28N6O2/c1-23(2)17-7-5-6-16(10-17)20(29)26-9-8-21(14-26)15-27(19(28)13-24(21)3)18-11-22-25(4)12-18/h5-7,10-12H,8-9,13-15H2,1-4H3/t21-/m1/s1. The minimum atomic E-state index is -0.238. The van der Waals surface area contributed by atoms with Crippen molar-refractivity contribution in [3.8, 4) is 0 Å². The predicted octanol–water partition coefficient (Wildman–Crippen LogP) is 1.05. The van der Waals surface area contributed by atoms with Gasteiger partial charge in [-0.3, -0.25) is 19.2 Å². The molecule has 1 spiro atoms. The molecule has 2 aliphatic rings. The van der Waals surface area contributed by atoms with E-state index in [0.29, 0.717) is 31.7 Å². The van der Waals surface area contributed by atoms with Gasteiger partial charge in [-0.25, -0.2) is 0 Å². The summed E-state index contributed by atoms with van der Waals surface area (Å²) in [5.41, 5.74) is 2.28. The molecule has 1 aromatic heterocycles. The number of rotatable bonds is 3. The van der Waals surface area contributed by atoms with Crippen molar-refractivity contribution in [2.24, 2.45) is 7.05 Å². The molecule has 1 aromatic carbocycles. The van der Waals surface area contributed by atoms with Gasteiger partial charge in [0.25, 0.3) is 5.91 Å². The molecule has 8 heteroatoms. The number of likely N-dealkylation sites (N-methyl/N-ethyl adjacent to an activating group) is 1. The third-order valence-electron chi connectivity index (χ3n) is 6.17. The lowest BCUT2D eigenvalue weighted by molar-refractivity contribution is -0.123.